The molecule has 0 spiro atoms. The Morgan fingerprint density at radius 2 is 1.70 bits per heavy atom. The molecule has 2 aromatic heterocycles. The fourth-order valence-corrected chi connectivity index (χ4v) is 2.42. The van der Waals surface area contributed by atoms with E-state index in [4.69, 9.17) is 4.52 Å². The average molecular weight is 363 g/mol. The highest BCUT2D eigenvalue weighted by Crippen LogP contribution is 2.20. The number of nitro groups is 1. The number of hydrogen-bond donors (Lipinski definition) is 0. The molecule has 134 valence electrons. The van der Waals surface area contributed by atoms with Gasteiger partial charge in [-0.3, -0.25) is 10.1 Å². The molecule has 0 aliphatic heterocycles. The monoisotopic (exact) mass is 363 g/mol. The van der Waals surface area contributed by atoms with Crippen molar-refractivity contribution in [1.82, 2.24) is 30.3 Å². The summed E-state index contributed by atoms with van der Waals surface area (Å²) in [5.74, 6) is 1.14. The van der Waals surface area contributed by atoms with Gasteiger partial charge in [0.05, 0.1) is 4.92 Å². The number of nitro benzene ring substituents is 1. The molecule has 27 heavy (non-hydrogen) atoms. The summed E-state index contributed by atoms with van der Waals surface area (Å²) in [6, 6.07) is 13.7. The molecule has 0 fully saturated rings. The highest BCUT2D eigenvalue weighted by molar-refractivity contribution is 5.56. The van der Waals surface area contributed by atoms with Crippen LogP contribution in [0.1, 0.15) is 11.5 Å². The number of benzene rings is 2. The van der Waals surface area contributed by atoms with E-state index in [-0.39, 0.29) is 12.2 Å². The number of rotatable bonds is 5. The molecule has 0 aliphatic rings. The lowest BCUT2D eigenvalue weighted by molar-refractivity contribution is -0.384. The van der Waals surface area contributed by atoms with Crippen molar-refractivity contribution in [3.8, 4) is 22.8 Å². The van der Waals surface area contributed by atoms with Crippen LogP contribution in [0.5, 0.6) is 0 Å². The van der Waals surface area contributed by atoms with Crippen LogP contribution >= 0.6 is 0 Å². The first-order valence-corrected chi connectivity index (χ1v) is 8.01. The first kappa shape index (κ1) is 16.5. The summed E-state index contributed by atoms with van der Waals surface area (Å²) in [5, 5.41) is 26.9. The first-order valence-electron chi connectivity index (χ1n) is 8.01. The Hall–Kier alpha value is -3.95. The minimum Gasteiger partial charge on any atom is -0.337 e. The summed E-state index contributed by atoms with van der Waals surface area (Å²) in [7, 11) is 0. The Morgan fingerprint density at radius 1 is 1.04 bits per heavy atom. The molecule has 4 aromatic rings. The largest absolute Gasteiger partial charge is 0.337 e. The van der Waals surface area contributed by atoms with Gasteiger partial charge < -0.3 is 4.52 Å². The fourth-order valence-electron chi connectivity index (χ4n) is 2.42. The maximum atomic E-state index is 10.7. The molecule has 0 amide bonds. The van der Waals surface area contributed by atoms with Gasteiger partial charge in [0.2, 0.25) is 11.6 Å². The van der Waals surface area contributed by atoms with Crippen LogP contribution in [-0.2, 0) is 6.54 Å². The van der Waals surface area contributed by atoms with Crippen LogP contribution in [0.3, 0.4) is 0 Å². The van der Waals surface area contributed by atoms with Crippen molar-refractivity contribution in [2.24, 2.45) is 0 Å². The van der Waals surface area contributed by atoms with Gasteiger partial charge in [0.15, 0.2) is 0 Å². The Balaban J connectivity index is 1.49. The van der Waals surface area contributed by atoms with Gasteiger partial charge in [-0.05, 0) is 24.3 Å². The summed E-state index contributed by atoms with van der Waals surface area (Å²) >= 11 is 0. The predicted octanol–water partition coefficient (Wildman–Crippen LogP) is 2.66. The lowest BCUT2D eigenvalue weighted by Crippen LogP contribution is -2.04. The third kappa shape index (κ3) is 3.54. The van der Waals surface area contributed by atoms with Crippen molar-refractivity contribution in [3.05, 3.63) is 70.1 Å². The van der Waals surface area contributed by atoms with Crippen molar-refractivity contribution in [2.45, 2.75) is 13.5 Å². The molecule has 0 atom stereocenters. The quantitative estimate of drug-likeness (QED) is 0.391. The summed E-state index contributed by atoms with van der Waals surface area (Å²) < 4.78 is 5.21. The van der Waals surface area contributed by atoms with Crippen LogP contribution in [-0.4, -0.2) is 35.3 Å². The zero-order chi connectivity index (χ0) is 18.8. The van der Waals surface area contributed by atoms with Crippen molar-refractivity contribution in [3.63, 3.8) is 0 Å². The molecule has 10 nitrogen and oxygen atoms in total. The van der Waals surface area contributed by atoms with E-state index >= 15 is 0 Å². The number of non-ortho nitro benzene ring substituents is 1. The van der Waals surface area contributed by atoms with Gasteiger partial charge in [0.25, 0.3) is 11.6 Å². The van der Waals surface area contributed by atoms with Gasteiger partial charge in [0, 0.05) is 23.3 Å². The van der Waals surface area contributed by atoms with E-state index in [1.165, 1.54) is 16.9 Å². The predicted molar refractivity (Wildman–Crippen MR) is 93.5 cm³/mol. The molecular formula is C17H13N7O3. The average Bonchev–Trinajstić information content (AvgIpc) is 3.33. The summed E-state index contributed by atoms with van der Waals surface area (Å²) in [6.07, 6.45) is 0. The molecule has 0 radical (unpaired) electrons. The van der Waals surface area contributed by atoms with Crippen LogP contribution in [0, 0.1) is 17.0 Å². The van der Waals surface area contributed by atoms with Crippen LogP contribution in [0.4, 0.5) is 5.69 Å². The van der Waals surface area contributed by atoms with E-state index in [2.05, 4.69) is 25.6 Å². The number of aromatic nitrogens is 6. The van der Waals surface area contributed by atoms with E-state index in [0.717, 1.165) is 11.1 Å². The normalized spacial score (nSPS) is 10.9. The third-order valence-corrected chi connectivity index (χ3v) is 3.84. The van der Waals surface area contributed by atoms with Gasteiger partial charge in [-0.1, -0.05) is 35.0 Å². The van der Waals surface area contributed by atoms with Gasteiger partial charge in [-0.25, -0.2) is 0 Å². The lowest BCUT2D eigenvalue weighted by Gasteiger charge is -1.95. The van der Waals surface area contributed by atoms with Gasteiger partial charge in [0.1, 0.15) is 6.54 Å². The second-order valence-electron chi connectivity index (χ2n) is 5.83. The second-order valence-corrected chi connectivity index (χ2v) is 5.83. The molecule has 0 unspecified atom stereocenters. The Labute approximate surface area is 152 Å². The van der Waals surface area contributed by atoms with Crippen molar-refractivity contribution >= 4 is 5.69 Å². The number of aryl methyl sites for hydroxylation is 1. The standard InChI is InChI=1S/C17H13N7O3/c1-11-2-4-13(5-3-11)17-19-22-23(20-17)10-15-18-16(21-27-15)12-6-8-14(9-7-12)24(25)26/h2-9H,10H2,1H3. The minimum absolute atomic E-state index is 0.00193. The molecule has 0 N–H and O–H groups in total. The Morgan fingerprint density at radius 3 is 2.41 bits per heavy atom. The number of hydrogen-bond acceptors (Lipinski definition) is 8. The van der Waals surface area contributed by atoms with Crippen LogP contribution < -0.4 is 0 Å². The van der Waals surface area contributed by atoms with Crippen LogP contribution in [0.2, 0.25) is 0 Å². The maximum Gasteiger partial charge on any atom is 0.269 e. The van der Waals surface area contributed by atoms with Gasteiger partial charge >= 0.3 is 0 Å². The highest BCUT2D eigenvalue weighted by atomic mass is 16.6. The van der Waals surface area contributed by atoms with E-state index < -0.39 is 4.92 Å². The summed E-state index contributed by atoms with van der Waals surface area (Å²) in [5.41, 5.74) is 2.63. The zero-order valence-electron chi connectivity index (χ0n) is 14.2. The molecule has 10 heteroatoms. The number of nitrogens with zero attached hydrogens (tertiary/aromatic N) is 7. The second kappa shape index (κ2) is 6.75. The molecule has 4 rings (SSSR count). The van der Waals surface area contributed by atoms with Crippen molar-refractivity contribution in [2.75, 3.05) is 0 Å². The third-order valence-electron chi connectivity index (χ3n) is 3.84. The summed E-state index contributed by atoms with van der Waals surface area (Å²) in [4.78, 5) is 15.9. The van der Waals surface area contributed by atoms with E-state index in [1.54, 1.807) is 12.1 Å². The topological polar surface area (TPSA) is 126 Å². The smallest absolute Gasteiger partial charge is 0.269 e. The molecular weight excluding hydrogens is 350 g/mol. The van der Waals surface area contributed by atoms with E-state index in [9.17, 15) is 10.1 Å². The summed E-state index contributed by atoms with van der Waals surface area (Å²) in [6.45, 7) is 2.17. The van der Waals surface area contributed by atoms with Crippen molar-refractivity contribution in [1.29, 1.82) is 0 Å². The van der Waals surface area contributed by atoms with Gasteiger partial charge in [-0.2, -0.15) is 9.78 Å². The van der Waals surface area contributed by atoms with Gasteiger partial charge in [-0.15, -0.1) is 10.2 Å². The number of tetrazole rings is 1. The fraction of sp³-hybridized carbons (Fsp3) is 0.118. The lowest BCUT2D eigenvalue weighted by atomic mass is 10.1. The molecule has 0 bridgehead atoms. The molecule has 0 saturated carbocycles. The molecule has 2 heterocycles. The van der Waals surface area contributed by atoms with E-state index in [0.29, 0.717) is 23.1 Å². The zero-order valence-corrected chi connectivity index (χ0v) is 14.2. The molecule has 0 saturated heterocycles. The Kier molecular flexibility index (Phi) is 4.13. The minimum atomic E-state index is -0.465. The highest BCUT2D eigenvalue weighted by Gasteiger charge is 2.13. The van der Waals surface area contributed by atoms with Crippen LogP contribution in [0.15, 0.2) is 53.1 Å². The SMILES string of the molecule is Cc1ccc(-c2nnn(Cc3nc(-c4ccc([N+](=O)[O-])cc4)no3)n2)cc1. The first-order chi connectivity index (χ1) is 13.1. The maximum absolute atomic E-state index is 10.7. The Bertz CT molecular complexity index is 1080. The molecule has 2 aromatic carbocycles. The van der Waals surface area contributed by atoms with Crippen molar-refractivity contribution < 1.29 is 9.45 Å². The van der Waals surface area contributed by atoms with Crippen LogP contribution in [0.25, 0.3) is 22.8 Å². The van der Waals surface area contributed by atoms with E-state index in [1.807, 2.05) is 31.2 Å². The molecule has 0 aliphatic carbocycles.